The van der Waals surface area contributed by atoms with E-state index in [9.17, 15) is 23.2 Å². The molecule has 8 nitrogen and oxygen atoms in total. The van der Waals surface area contributed by atoms with Crippen LogP contribution in [0.1, 0.15) is 42.6 Å². The van der Waals surface area contributed by atoms with E-state index >= 15 is 0 Å². The summed E-state index contributed by atoms with van der Waals surface area (Å²) in [7, 11) is 0.143. The number of halogens is 3. The van der Waals surface area contributed by atoms with Crippen molar-refractivity contribution in [2.75, 3.05) is 13.2 Å². The molecule has 2 aromatic rings. The number of hydrazine groups is 1. The summed E-state index contributed by atoms with van der Waals surface area (Å²) in [6, 6.07) is 4.46. The topological polar surface area (TPSA) is 95.7 Å². The Labute approximate surface area is 178 Å². The first kappa shape index (κ1) is 22.2. The maximum Gasteiger partial charge on any atom is 0.488 e. The number of benzene rings is 1. The van der Waals surface area contributed by atoms with Gasteiger partial charge in [-0.05, 0) is 36.4 Å². The second-order valence-corrected chi connectivity index (χ2v) is 8.33. The molecule has 1 aromatic heterocycles. The number of aromatic nitrogens is 3. The van der Waals surface area contributed by atoms with Gasteiger partial charge in [-0.25, -0.2) is 10.4 Å². The van der Waals surface area contributed by atoms with E-state index in [0.29, 0.717) is 37.0 Å². The Morgan fingerprint density at radius 1 is 1.32 bits per heavy atom. The van der Waals surface area contributed by atoms with Gasteiger partial charge in [0.2, 0.25) is 0 Å². The highest BCUT2D eigenvalue weighted by Crippen LogP contribution is 2.48. The predicted molar refractivity (Wildman–Crippen MR) is 106 cm³/mol. The van der Waals surface area contributed by atoms with E-state index in [2.05, 4.69) is 15.7 Å². The molecule has 0 saturated carbocycles. The quantitative estimate of drug-likeness (QED) is 0.600. The van der Waals surface area contributed by atoms with Crippen molar-refractivity contribution in [1.29, 1.82) is 0 Å². The number of ether oxygens (including phenoxy) is 1. The Morgan fingerprint density at radius 3 is 2.74 bits per heavy atom. The predicted octanol–water partition coefficient (Wildman–Crippen LogP) is 0.555. The molecule has 0 radical (unpaired) electrons. The molecule has 2 aliphatic heterocycles. The van der Waals surface area contributed by atoms with Gasteiger partial charge in [0.05, 0.1) is 18.2 Å². The molecule has 168 valence electrons. The molecular weight excluding hydrogens is 414 g/mol. The normalized spacial score (nSPS) is 26.8. The molecule has 0 unspecified atom stereocenters. The maximum absolute atomic E-state index is 12.9. The van der Waals surface area contributed by atoms with Crippen molar-refractivity contribution in [2.24, 2.45) is 7.05 Å². The van der Waals surface area contributed by atoms with Gasteiger partial charge in [0, 0.05) is 25.7 Å². The molecule has 1 fully saturated rings. The van der Waals surface area contributed by atoms with Gasteiger partial charge in [-0.1, -0.05) is 23.4 Å². The summed E-state index contributed by atoms with van der Waals surface area (Å²) in [5, 5.41) is 28.8. The summed E-state index contributed by atoms with van der Waals surface area (Å²) in [6.45, 7) is 1.15. The Hall–Kier alpha value is -1.99. The first-order chi connectivity index (χ1) is 14.6. The van der Waals surface area contributed by atoms with Gasteiger partial charge in [-0.15, -0.1) is 5.10 Å². The summed E-state index contributed by atoms with van der Waals surface area (Å²) in [5.74, 6) is 0. The lowest BCUT2D eigenvalue weighted by atomic mass is 9.71. The molecule has 3 heterocycles. The van der Waals surface area contributed by atoms with Gasteiger partial charge in [0.1, 0.15) is 12.2 Å². The van der Waals surface area contributed by atoms with Crippen molar-refractivity contribution in [3.63, 3.8) is 0 Å². The molecular formula is C19H25BF3N5O3. The van der Waals surface area contributed by atoms with E-state index in [4.69, 9.17) is 4.74 Å². The largest absolute Gasteiger partial charge is 0.488 e. The standard InChI is InChI=1S/C19H25BF3N5O3/c1-12-8-18(15-4-3-14(20(29)30)7-13(15)5-6-31-18)9-17(16-10-27(2)26-25-16)28(12)24-11-19(21,22)23/h3-4,7,10,12,17,24,29-30H,5-6,8-9,11H2,1-2H3/t12-,17-,18-/m0/s1. The SMILES string of the molecule is C[C@H]1C[C@@]2(C[C@@H](c3cn(C)nn3)N1NCC(F)(F)F)OCCc1cc(B(O)O)ccc12. The first-order valence-corrected chi connectivity index (χ1v) is 10.2. The van der Waals surface area contributed by atoms with Crippen LogP contribution in [0.15, 0.2) is 24.4 Å². The van der Waals surface area contributed by atoms with E-state index in [1.54, 1.807) is 30.4 Å². The third-order valence-corrected chi connectivity index (χ3v) is 6.05. The van der Waals surface area contributed by atoms with Crippen molar-refractivity contribution in [3.8, 4) is 0 Å². The van der Waals surface area contributed by atoms with Gasteiger partial charge in [-0.3, -0.25) is 4.68 Å². The second-order valence-electron chi connectivity index (χ2n) is 8.33. The molecule has 0 aliphatic carbocycles. The van der Waals surface area contributed by atoms with Crippen molar-refractivity contribution < 1.29 is 28.0 Å². The zero-order chi connectivity index (χ0) is 22.4. The highest BCUT2D eigenvalue weighted by atomic mass is 19.4. The molecule has 0 bridgehead atoms. The zero-order valence-corrected chi connectivity index (χ0v) is 17.3. The Balaban J connectivity index is 1.71. The monoisotopic (exact) mass is 439 g/mol. The van der Waals surface area contributed by atoms with Gasteiger partial charge >= 0.3 is 13.3 Å². The van der Waals surface area contributed by atoms with Crippen LogP contribution in [0.25, 0.3) is 0 Å². The lowest BCUT2D eigenvalue weighted by Gasteiger charge is -2.51. The van der Waals surface area contributed by atoms with Gasteiger partial charge < -0.3 is 14.8 Å². The van der Waals surface area contributed by atoms with Crippen molar-refractivity contribution in [3.05, 3.63) is 41.2 Å². The molecule has 1 spiro atoms. The summed E-state index contributed by atoms with van der Waals surface area (Å²) >= 11 is 0. The smallest absolute Gasteiger partial charge is 0.423 e. The van der Waals surface area contributed by atoms with Crippen LogP contribution in [0.3, 0.4) is 0 Å². The molecule has 3 atom stereocenters. The van der Waals surface area contributed by atoms with Crippen molar-refractivity contribution >= 4 is 12.6 Å². The second kappa shape index (κ2) is 8.17. The van der Waals surface area contributed by atoms with E-state index < -0.39 is 31.5 Å². The fourth-order valence-electron chi connectivity index (χ4n) is 4.79. The number of hydrogen-bond donors (Lipinski definition) is 3. The van der Waals surface area contributed by atoms with Crippen LogP contribution in [0.2, 0.25) is 0 Å². The Kier molecular flexibility index (Phi) is 5.86. The van der Waals surface area contributed by atoms with E-state index in [1.165, 1.54) is 4.68 Å². The number of nitrogens with zero attached hydrogens (tertiary/aromatic N) is 4. The average molecular weight is 439 g/mol. The minimum atomic E-state index is -4.35. The van der Waals surface area contributed by atoms with E-state index in [0.717, 1.165) is 11.1 Å². The fraction of sp³-hybridized carbons (Fsp3) is 0.579. The third-order valence-electron chi connectivity index (χ3n) is 6.05. The van der Waals surface area contributed by atoms with Crippen LogP contribution in [-0.2, 0) is 23.8 Å². The van der Waals surface area contributed by atoms with Crippen LogP contribution in [0.5, 0.6) is 0 Å². The van der Waals surface area contributed by atoms with Crippen LogP contribution < -0.4 is 10.9 Å². The zero-order valence-electron chi connectivity index (χ0n) is 17.3. The fourth-order valence-corrected chi connectivity index (χ4v) is 4.79. The average Bonchev–Trinajstić information content (AvgIpc) is 3.12. The Bertz CT molecular complexity index is 941. The molecule has 3 N–H and O–H groups in total. The Morgan fingerprint density at radius 2 is 2.10 bits per heavy atom. The molecule has 1 aromatic carbocycles. The summed E-state index contributed by atoms with van der Waals surface area (Å²) < 4.78 is 46.6. The molecule has 0 amide bonds. The maximum atomic E-state index is 12.9. The summed E-state index contributed by atoms with van der Waals surface area (Å²) in [6.07, 6.45) is -1.17. The lowest BCUT2D eigenvalue weighted by Crippen LogP contribution is -2.58. The number of rotatable bonds is 4. The number of aryl methyl sites for hydroxylation is 1. The molecule has 4 rings (SSSR count). The lowest BCUT2D eigenvalue weighted by molar-refractivity contribution is -0.166. The van der Waals surface area contributed by atoms with E-state index in [-0.39, 0.29) is 6.04 Å². The van der Waals surface area contributed by atoms with Crippen LogP contribution >= 0.6 is 0 Å². The minimum Gasteiger partial charge on any atom is -0.423 e. The van der Waals surface area contributed by atoms with Crippen LogP contribution in [0, 0.1) is 0 Å². The van der Waals surface area contributed by atoms with Crippen molar-refractivity contribution in [1.82, 2.24) is 25.4 Å². The highest BCUT2D eigenvalue weighted by molar-refractivity contribution is 6.58. The van der Waals surface area contributed by atoms with Gasteiger partial charge in [0.15, 0.2) is 0 Å². The first-order valence-electron chi connectivity index (χ1n) is 10.2. The number of alkyl halides is 3. The van der Waals surface area contributed by atoms with Gasteiger partial charge in [0.25, 0.3) is 0 Å². The number of fused-ring (bicyclic) bond motifs is 2. The van der Waals surface area contributed by atoms with E-state index in [1.807, 2.05) is 13.0 Å². The van der Waals surface area contributed by atoms with Crippen LogP contribution in [0.4, 0.5) is 13.2 Å². The van der Waals surface area contributed by atoms with Gasteiger partial charge in [-0.2, -0.15) is 13.2 Å². The highest BCUT2D eigenvalue weighted by Gasteiger charge is 2.49. The minimum absolute atomic E-state index is 0.294. The van der Waals surface area contributed by atoms with Crippen LogP contribution in [-0.4, -0.2) is 62.5 Å². The number of nitrogens with one attached hydrogen (secondary N) is 1. The third kappa shape index (κ3) is 4.49. The molecule has 31 heavy (non-hydrogen) atoms. The number of piperidine rings is 1. The van der Waals surface area contributed by atoms with Crippen molar-refractivity contribution in [2.45, 2.75) is 50.0 Å². The summed E-state index contributed by atoms with van der Waals surface area (Å²) in [5.41, 5.74) is 4.68. The summed E-state index contributed by atoms with van der Waals surface area (Å²) in [4.78, 5) is 0. The number of hydrogen-bond acceptors (Lipinski definition) is 7. The molecule has 2 aliphatic rings. The molecule has 12 heteroatoms. The molecule has 1 saturated heterocycles.